The monoisotopic (exact) mass is 461 g/mol. The van der Waals surface area contributed by atoms with Crippen LogP contribution in [0.4, 0.5) is 5.13 Å². The number of aromatic nitrogens is 1. The highest BCUT2D eigenvalue weighted by Crippen LogP contribution is 2.34. The Balaban J connectivity index is 1.49. The van der Waals surface area contributed by atoms with Gasteiger partial charge in [-0.2, -0.15) is 0 Å². The molecular weight excluding hydrogens is 446 g/mol. The summed E-state index contributed by atoms with van der Waals surface area (Å²) in [5.74, 6) is -1.34. The summed E-state index contributed by atoms with van der Waals surface area (Å²) in [4.78, 5) is 46.0. The van der Waals surface area contributed by atoms with E-state index in [0.29, 0.717) is 26.8 Å². The molecule has 1 aliphatic rings. The van der Waals surface area contributed by atoms with E-state index in [4.69, 9.17) is 11.6 Å². The van der Waals surface area contributed by atoms with Crippen molar-refractivity contribution in [3.63, 3.8) is 0 Å². The van der Waals surface area contributed by atoms with Crippen molar-refractivity contribution in [2.45, 2.75) is 6.54 Å². The first-order chi connectivity index (χ1) is 15.5. The molecule has 6 nitrogen and oxygen atoms in total. The zero-order chi connectivity index (χ0) is 22.2. The molecule has 1 aliphatic heterocycles. The van der Waals surface area contributed by atoms with E-state index in [2.05, 4.69) is 4.98 Å². The number of carbonyl (C=O) groups excluding carboxylic acids is 3. The van der Waals surface area contributed by atoms with Crippen molar-refractivity contribution in [1.29, 1.82) is 0 Å². The maximum atomic E-state index is 13.4. The van der Waals surface area contributed by atoms with Crippen LogP contribution in [0.1, 0.15) is 26.3 Å². The van der Waals surface area contributed by atoms with Crippen LogP contribution in [0.5, 0.6) is 0 Å². The number of rotatable bonds is 5. The summed E-state index contributed by atoms with van der Waals surface area (Å²) < 4.78 is 0.846. The number of hydrogen-bond donors (Lipinski definition) is 0. The van der Waals surface area contributed by atoms with Crippen molar-refractivity contribution in [1.82, 2.24) is 9.88 Å². The van der Waals surface area contributed by atoms with Crippen molar-refractivity contribution in [2.24, 2.45) is 0 Å². The summed E-state index contributed by atoms with van der Waals surface area (Å²) in [6, 6.07) is 21.5. The topological polar surface area (TPSA) is 70.6 Å². The number of nitrogens with zero attached hydrogens (tertiary/aromatic N) is 3. The van der Waals surface area contributed by atoms with Gasteiger partial charge in [0.2, 0.25) is 5.91 Å². The smallest absolute Gasteiger partial charge is 0.262 e. The van der Waals surface area contributed by atoms with Gasteiger partial charge in [-0.25, -0.2) is 4.98 Å². The molecule has 0 aliphatic carbocycles. The summed E-state index contributed by atoms with van der Waals surface area (Å²) in [6.45, 7) is -0.122. The molecule has 0 atom stereocenters. The van der Waals surface area contributed by atoms with Crippen LogP contribution in [0.2, 0.25) is 5.02 Å². The first-order valence-electron chi connectivity index (χ1n) is 9.87. The Morgan fingerprint density at radius 2 is 1.56 bits per heavy atom. The largest absolute Gasteiger partial charge is 0.282 e. The summed E-state index contributed by atoms with van der Waals surface area (Å²) in [6.07, 6.45) is 0. The molecule has 0 saturated carbocycles. The Morgan fingerprint density at radius 3 is 2.22 bits per heavy atom. The van der Waals surface area contributed by atoms with E-state index in [1.165, 1.54) is 16.2 Å². The predicted molar refractivity (Wildman–Crippen MR) is 124 cm³/mol. The third-order valence-electron chi connectivity index (χ3n) is 5.25. The fourth-order valence-corrected chi connectivity index (χ4v) is 4.93. The molecule has 0 radical (unpaired) electrons. The van der Waals surface area contributed by atoms with E-state index in [1.807, 2.05) is 42.5 Å². The number of para-hydroxylation sites is 1. The van der Waals surface area contributed by atoms with Gasteiger partial charge in [0.25, 0.3) is 11.8 Å². The molecular formula is C24H16ClN3O3S. The van der Waals surface area contributed by atoms with Crippen molar-refractivity contribution >= 4 is 56.0 Å². The standard InChI is InChI=1S/C24H16ClN3O3S/c25-18-11-6-12-19-21(18)26-24(32-19)27(13-15-7-2-1-3-8-15)20(29)14-28-22(30)16-9-4-5-10-17(16)23(28)31/h1-12H,13-14H2. The van der Waals surface area contributed by atoms with Crippen LogP contribution >= 0.6 is 22.9 Å². The number of amides is 3. The summed E-state index contributed by atoms with van der Waals surface area (Å²) in [7, 11) is 0. The zero-order valence-corrected chi connectivity index (χ0v) is 18.3. The predicted octanol–water partition coefficient (Wildman–Crippen LogP) is 4.78. The lowest BCUT2D eigenvalue weighted by atomic mass is 10.1. The summed E-state index contributed by atoms with van der Waals surface area (Å²) in [5, 5.41) is 0.955. The molecule has 3 aromatic carbocycles. The normalized spacial score (nSPS) is 13.0. The quantitative estimate of drug-likeness (QED) is 0.401. The first-order valence-corrected chi connectivity index (χ1v) is 11.1. The highest BCUT2D eigenvalue weighted by Gasteiger charge is 2.37. The summed E-state index contributed by atoms with van der Waals surface area (Å²) >= 11 is 7.62. The minimum atomic E-state index is -0.467. The lowest BCUT2D eigenvalue weighted by molar-refractivity contribution is -0.119. The van der Waals surface area contributed by atoms with Crippen LogP contribution in [-0.2, 0) is 11.3 Å². The van der Waals surface area contributed by atoms with Gasteiger partial charge in [-0.15, -0.1) is 0 Å². The van der Waals surface area contributed by atoms with Gasteiger partial charge in [0, 0.05) is 0 Å². The average Bonchev–Trinajstić information content (AvgIpc) is 3.35. The van der Waals surface area contributed by atoms with E-state index >= 15 is 0 Å². The lowest BCUT2D eigenvalue weighted by Crippen LogP contribution is -2.42. The van der Waals surface area contributed by atoms with Crippen molar-refractivity contribution in [3.05, 3.63) is 94.5 Å². The minimum absolute atomic E-state index is 0.250. The SMILES string of the molecule is O=C1c2ccccc2C(=O)N1CC(=O)N(Cc1ccccc1)c1nc2c(Cl)cccc2s1. The molecule has 0 saturated heterocycles. The molecule has 0 N–H and O–H groups in total. The molecule has 0 unspecified atom stereocenters. The number of imide groups is 1. The van der Waals surface area contributed by atoms with Crippen LogP contribution in [-0.4, -0.2) is 34.2 Å². The van der Waals surface area contributed by atoms with Gasteiger partial charge in [0.1, 0.15) is 12.1 Å². The molecule has 32 heavy (non-hydrogen) atoms. The van der Waals surface area contributed by atoms with E-state index < -0.39 is 17.7 Å². The van der Waals surface area contributed by atoms with E-state index in [0.717, 1.165) is 15.2 Å². The highest BCUT2D eigenvalue weighted by atomic mass is 35.5. The average molecular weight is 462 g/mol. The van der Waals surface area contributed by atoms with E-state index in [1.54, 1.807) is 30.3 Å². The van der Waals surface area contributed by atoms with Gasteiger partial charge < -0.3 is 0 Å². The highest BCUT2D eigenvalue weighted by molar-refractivity contribution is 7.22. The Morgan fingerprint density at radius 1 is 0.906 bits per heavy atom. The molecule has 0 fully saturated rings. The fraction of sp³-hybridized carbons (Fsp3) is 0.0833. The minimum Gasteiger partial charge on any atom is -0.282 e. The zero-order valence-electron chi connectivity index (χ0n) is 16.7. The molecule has 5 rings (SSSR count). The molecule has 158 valence electrons. The van der Waals surface area contributed by atoms with Crippen LogP contribution in [0.3, 0.4) is 0 Å². The van der Waals surface area contributed by atoms with Gasteiger partial charge in [0.05, 0.1) is 27.4 Å². The maximum Gasteiger partial charge on any atom is 0.262 e. The molecule has 1 aromatic heterocycles. The molecule has 0 spiro atoms. The Labute approximate surface area is 192 Å². The van der Waals surface area contributed by atoms with Gasteiger partial charge in [0.15, 0.2) is 5.13 Å². The van der Waals surface area contributed by atoms with Crippen LogP contribution in [0.25, 0.3) is 10.2 Å². The Hall–Kier alpha value is -3.55. The maximum absolute atomic E-state index is 13.4. The van der Waals surface area contributed by atoms with Gasteiger partial charge in [-0.05, 0) is 29.8 Å². The van der Waals surface area contributed by atoms with E-state index in [-0.39, 0.29) is 13.1 Å². The second-order valence-corrected chi connectivity index (χ2v) is 8.71. The molecule has 2 heterocycles. The molecule has 3 amide bonds. The number of halogens is 1. The third-order valence-corrected chi connectivity index (χ3v) is 6.59. The van der Waals surface area contributed by atoms with Crippen LogP contribution in [0, 0.1) is 0 Å². The van der Waals surface area contributed by atoms with Gasteiger partial charge >= 0.3 is 0 Å². The number of hydrogen-bond acceptors (Lipinski definition) is 5. The number of anilines is 1. The lowest BCUT2D eigenvalue weighted by Gasteiger charge is -2.22. The molecule has 8 heteroatoms. The fourth-order valence-electron chi connectivity index (χ4n) is 3.65. The Bertz CT molecular complexity index is 1330. The Kier molecular flexibility index (Phi) is 5.20. The van der Waals surface area contributed by atoms with Gasteiger partial charge in [-0.3, -0.25) is 24.2 Å². The molecule has 4 aromatic rings. The number of fused-ring (bicyclic) bond motifs is 2. The van der Waals surface area contributed by atoms with Crippen LogP contribution < -0.4 is 4.90 Å². The second-order valence-electron chi connectivity index (χ2n) is 7.29. The summed E-state index contributed by atoms with van der Waals surface area (Å²) in [5.41, 5.74) is 2.13. The van der Waals surface area contributed by atoms with Crippen molar-refractivity contribution in [2.75, 3.05) is 11.4 Å². The third kappa shape index (κ3) is 3.55. The second kappa shape index (κ2) is 8.18. The molecule has 0 bridgehead atoms. The number of carbonyl (C=O) groups is 3. The first kappa shape index (κ1) is 20.4. The van der Waals surface area contributed by atoms with Crippen molar-refractivity contribution < 1.29 is 14.4 Å². The van der Waals surface area contributed by atoms with Crippen molar-refractivity contribution in [3.8, 4) is 0 Å². The van der Waals surface area contributed by atoms with Crippen LogP contribution in [0.15, 0.2) is 72.8 Å². The number of thiazole rings is 1. The van der Waals surface area contributed by atoms with Gasteiger partial charge in [-0.1, -0.05) is 71.5 Å². The number of benzene rings is 3. The van der Waals surface area contributed by atoms with E-state index in [9.17, 15) is 14.4 Å².